The van der Waals surface area contributed by atoms with E-state index in [2.05, 4.69) is 16.9 Å². The first-order valence-corrected chi connectivity index (χ1v) is 11.7. The van der Waals surface area contributed by atoms with Crippen molar-refractivity contribution in [3.05, 3.63) is 41.7 Å². The van der Waals surface area contributed by atoms with Gasteiger partial charge in [-0.05, 0) is 74.5 Å². The molecule has 0 aromatic heterocycles. The summed E-state index contributed by atoms with van der Waals surface area (Å²) in [6.07, 6.45) is 7.82. The summed E-state index contributed by atoms with van der Waals surface area (Å²) < 4.78 is 46.1. The van der Waals surface area contributed by atoms with Gasteiger partial charge in [0.1, 0.15) is 12.4 Å². The summed E-state index contributed by atoms with van der Waals surface area (Å²) >= 11 is 0. The van der Waals surface area contributed by atoms with Gasteiger partial charge < -0.3 is 10.5 Å². The minimum atomic E-state index is -3.15. The largest absolute Gasteiger partial charge is 0.489 e. The van der Waals surface area contributed by atoms with Gasteiger partial charge in [0.05, 0.1) is 11.6 Å². The Morgan fingerprint density at radius 2 is 1.75 bits per heavy atom. The highest BCUT2D eigenvalue weighted by Crippen LogP contribution is 2.54. The second-order valence-corrected chi connectivity index (χ2v) is 10.7. The fraction of sp³-hybridized carbons (Fsp3) is 0.619. The molecule has 2 bridgehead atoms. The lowest BCUT2D eigenvalue weighted by molar-refractivity contribution is 0.0946. The number of fused-ring (bicyclic) bond motifs is 3. The van der Waals surface area contributed by atoms with Gasteiger partial charge in [-0.2, -0.15) is 0 Å². The molecule has 3 N–H and O–H groups in total. The maximum Gasteiger partial charge on any atom is 0.214 e. The molecule has 0 saturated heterocycles. The van der Waals surface area contributed by atoms with Gasteiger partial charge in [0.2, 0.25) is 10.0 Å². The zero-order valence-electron chi connectivity index (χ0n) is 16.1. The van der Waals surface area contributed by atoms with E-state index in [1.807, 2.05) is 12.1 Å². The van der Waals surface area contributed by atoms with Crippen LogP contribution in [0, 0.1) is 0 Å². The molecule has 154 valence electrons. The lowest BCUT2D eigenvalue weighted by atomic mass is 9.55. The zero-order valence-corrected chi connectivity index (χ0v) is 16.9. The Morgan fingerprint density at radius 3 is 2.25 bits per heavy atom. The van der Waals surface area contributed by atoms with E-state index >= 15 is 0 Å². The van der Waals surface area contributed by atoms with Crippen LogP contribution >= 0.6 is 0 Å². The van der Waals surface area contributed by atoms with Crippen LogP contribution in [0.15, 0.2) is 36.2 Å². The Labute approximate surface area is 166 Å². The molecule has 0 unspecified atom stereocenters. The number of nitrogens with two attached hydrogens (primary N) is 1. The van der Waals surface area contributed by atoms with Crippen molar-refractivity contribution in [1.82, 2.24) is 4.72 Å². The average molecular weight is 409 g/mol. The highest BCUT2D eigenvalue weighted by atomic mass is 32.2. The van der Waals surface area contributed by atoms with Crippen LogP contribution in [0.2, 0.25) is 0 Å². The summed E-state index contributed by atoms with van der Waals surface area (Å²) in [6.45, 7) is 0.297. The Kier molecular flexibility index (Phi) is 5.27. The number of hydrogen-bond donors (Lipinski definition) is 2. The lowest BCUT2D eigenvalue weighted by Crippen LogP contribution is -2.58. The molecule has 0 atom stereocenters. The maximum absolute atomic E-state index is 12.6. The third kappa shape index (κ3) is 3.84. The maximum atomic E-state index is 12.6. The minimum absolute atomic E-state index is 0.132. The van der Waals surface area contributed by atoms with Crippen molar-refractivity contribution >= 4 is 10.0 Å². The van der Waals surface area contributed by atoms with Crippen LogP contribution < -0.4 is 15.2 Å². The lowest BCUT2D eigenvalue weighted by Gasteiger charge is -2.53. The predicted octanol–water partition coefficient (Wildman–Crippen LogP) is 3.30. The first-order chi connectivity index (χ1) is 13.4. The molecule has 0 spiro atoms. The van der Waals surface area contributed by atoms with E-state index in [9.17, 15) is 12.8 Å². The second-order valence-electron chi connectivity index (χ2n) is 8.69. The van der Waals surface area contributed by atoms with E-state index in [0.29, 0.717) is 17.7 Å². The van der Waals surface area contributed by atoms with E-state index in [1.54, 1.807) is 0 Å². The highest BCUT2D eigenvalue weighted by molar-refractivity contribution is 7.90. The van der Waals surface area contributed by atoms with Crippen LogP contribution in [0.25, 0.3) is 0 Å². The molecular weight excluding hydrogens is 379 g/mol. The van der Waals surface area contributed by atoms with Crippen LogP contribution in [0.3, 0.4) is 0 Å². The molecule has 0 radical (unpaired) electrons. The summed E-state index contributed by atoms with van der Waals surface area (Å²) in [7, 11) is -3.15. The van der Waals surface area contributed by atoms with Crippen LogP contribution in [0.1, 0.15) is 56.9 Å². The Bertz CT molecular complexity index is 822. The topological polar surface area (TPSA) is 81.4 Å². The molecule has 0 aliphatic heterocycles. The van der Waals surface area contributed by atoms with E-state index in [0.717, 1.165) is 51.4 Å². The first-order valence-electron chi connectivity index (χ1n) is 10.1. The van der Waals surface area contributed by atoms with Crippen molar-refractivity contribution in [2.45, 2.75) is 67.6 Å². The molecule has 0 heterocycles. The molecule has 0 amide bonds. The molecular formula is C21H29FN2O3S. The summed E-state index contributed by atoms with van der Waals surface area (Å²) in [5, 5.41) is -0.157. The van der Waals surface area contributed by atoms with Crippen molar-refractivity contribution in [1.29, 1.82) is 0 Å². The standard InChI is InChI=1S/C21H29FN2O3S/c22-13-16(14-23)15-27-18-3-1-17(2-4-18)20-7-10-21(11-8-20,12-9-20)24-28(25,26)19-5-6-19/h1-4,13,19,24H,5-12,14-15,23H2. The molecule has 4 fully saturated rings. The molecule has 7 heteroatoms. The van der Waals surface area contributed by atoms with E-state index in [-0.39, 0.29) is 29.4 Å². The number of sulfonamides is 1. The van der Waals surface area contributed by atoms with Crippen molar-refractivity contribution in [2.24, 2.45) is 5.73 Å². The number of ether oxygens (including phenoxy) is 1. The van der Waals surface area contributed by atoms with Crippen LogP contribution in [0.4, 0.5) is 4.39 Å². The van der Waals surface area contributed by atoms with Gasteiger partial charge in [0, 0.05) is 17.7 Å². The Balaban J connectivity index is 1.40. The summed E-state index contributed by atoms with van der Waals surface area (Å²) in [5.41, 5.74) is 7.06. The summed E-state index contributed by atoms with van der Waals surface area (Å²) in [5.74, 6) is 0.700. The molecule has 28 heavy (non-hydrogen) atoms. The van der Waals surface area contributed by atoms with Gasteiger partial charge >= 0.3 is 0 Å². The van der Waals surface area contributed by atoms with Gasteiger partial charge in [0.25, 0.3) is 0 Å². The smallest absolute Gasteiger partial charge is 0.214 e. The number of rotatable bonds is 8. The predicted molar refractivity (Wildman–Crippen MR) is 107 cm³/mol. The van der Waals surface area contributed by atoms with Crippen molar-refractivity contribution in [3.8, 4) is 5.75 Å². The molecule has 4 aliphatic carbocycles. The first kappa shape index (κ1) is 19.9. The Morgan fingerprint density at radius 1 is 1.14 bits per heavy atom. The number of benzene rings is 1. The molecule has 1 aromatic rings. The highest BCUT2D eigenvalue weighted by Gasteiger charge is 2.52. The van der Waals surface area contributed by atoms with Gasteiger partial charge in [0.15, 0.2) is 0 Å². The molecule has 5 nitrogen and oxygen atoms in total. The fourth-order valence-corrected chi connectivity index (χ4v) is 6.58. The number of halogens is 1. The van der Waals surface area contributed by atoms with Gasteiger partial charge in [-0.1, -0.05) is 12.1 Å². The van der Waals surface area contributed by atoms with Crippen molar-refractivity contribution < 1.29 is 17.5 Å². The fourth-order valence-electron chi connectivity index (χ4n) is 4.75. The van der Waals surface area contributed by atoms with Crippen LogP contribution in [-0.2, 0) is 15.4 Å². The van der Waals surface area contributed by atoms with E-state index in [1.165, 1.54) is 5.56 Å². The van der Waals surface area contributed by atoms with E-state index < -0.39 is 10.0 Å². The Hall–Kier alpha value is -1.44. The number of hydrogen-bond acceptors (Lipinski definition) is 4. The summed E-state index contributed by atoms with van der Waals surface area (Å²) in [6, 6.07) is 8.07. The van der Waals surface area contributed by atoms with Crippen molar-refractivity contribution in [2.75, 3.05) is 13.2 Å². The SMILES string of the molecule is NCC(=CF)COc1ccc(C23CCC(NS(=O)(=O)C4CC4)(CC2)CC3)cc1. The quantitative estimate of drug-likeness (QED) is 0.692. The second kappa shape index (κ2) is 7.43. The average Bonchev–Trinajstić information content (AvgIpc) is 3.56. The van der Waals surface area contributed by atoms with Gasteiger partial charge in [-0.3, -0.25) is 0 Å². The molecule has 1 aromatic carbocycles. The third-order valence-corrected chi connectivity index (χ3v) is 8.94. The monoisotopic (exact) mass is 408 g/mol. The normalized spacial score (nSPS) is 30.4. The van der Waals surface area contributed by atoms with E-state index in [4.69, 9.17) is 10.5 Å². The molecule has 5 rings (SSSR count). The van der Waals surface area contributed by atoms with Crippen LogP contribution in [-0.4, -0.2) is 32.4 Å². The molecule has 4 saturated carbocycles. The van der Waals surface area contributed by atoms with Crippen molar-refractivity contribution in [3.63, 3.8) is 0 Å². The summed E-state index contributed by atoms with van der Waals surface area (Å²) in [4.78, 5) is 0. The minimum Gasteiger partial charge on any atom is -0.489 e. The van der Waals surface area contributed by atoms with Gasteiger partial charge in [-0.25, -0.2) is 17.5 Å². The third-order valence-electron chi connectivity index (χ3n) is 6.88. The number of nitrogens with one attached hydrogen (secondary N) is 1. The molecule has 4 aliphatic rings. The van der Waals surface area contributed by atoms with Crippen LogP contribution in [0.5, 0.6) is 5.75 Å². The zero-order chi connectivity index (χ0) is 19.8. The van der Waals surface area contributed by atoms with Gasteiger partial charge in [-0.15, -0.1) is 0 Å².